The lowest BCUT2D eigenvalue weighted by molar-refractivity contribution is 0.0983. The molecule has 0 heterocycles. The van der Waals surface area contributed by atoms with Crippen LogP contribution in [0.3, 0.4) is 0 Å². The highest BCUT2D eigenvalue weighted by atomic mass is 35.5. The first-order valence-corrected chi connectivity index (χ1v) is 7.27. The summed E-state index contributed by atoms with van der Waals surface area (Å²) in [7, 11) is 0. The predicted molar refractivity (Wildman–Crippen MR) is 85.0 cm³/mol. The molecule has 1 nitrogen and oxygen atoms in total. The van der Waals surface area contributed by atoms with Crippen molar-refractivity contribution in [2.24, 2.45) is 0 Å². The van der Waals surface area contributed by atoms with Crippen LogP contribution in [0.15, 0.2) is 36.4 Å². The van der Waals surface area contributed by atoms with E-state index in [2.05, 4.69) is 32.0 Å². The lowest BCUT2D eigenvalue weighted by Gasteiger charge is -2.06. The van der Waals surface area contributed by atoms with Gasteiger partial charge in [0.2, 0.25) is 0 Å². The maximum absolute atomic E-state index is 12.2. The number of carbonyl (C=O) groups is 1. The molecule has 104 valence electrons. The fraction of sp³-hybridized carbons (Fsp3) is 0.235. The van der Waals surface area contributed by atoms with Gasteiger partial charge in [-0.05, 0) is 44.0 Å². The molecule has 2 aromatic carbocycles. The Bertz CT molecular complexity index is 627. The van der Waals surface area contributed by atoms with Crippen molar-refractivity contribution in [2.75, 3.05) is 0 Å². The van der Waals surface area contributed by atoms with Crippen LogP contribution in [-0.2, 0) is 6.42 Å². The van der Waals surface area contributed by atoms with Crippen LogP contribution in [0.25, 0.3) is 0 Å². The summed E-state index contributed by atoms with van der Waals surface area (Å²) in [6.07, 6.45) is 1.15. The van der Waals surface area contributed by atoms with E-state index in [4.69, 9.17) is 23.2 Å². The maximum Gasteiger partial charge on any atom is 0.164 e. The van der Waals surface area contributed by atoms with Gasteiger partial charge < -0.3 is 0 Å². The van der Waals surface area contributed by atoms with Gasteiger partial charge in [0.25, 0.3) is 0 Å². The SMILES string of the molecule is Cc1cc(C)cc(CCC(=O)c2cc(Cl)ccc2Cl)c1. The third kappa shape index (κ3) is 3.84. The zero-order valence-corrected chi connectivity index (χ0v) is 13.1. The Kier molecular flexibility index (Phi) is 4.85. The van der Waals surface area contributed by atoms with Gasteiger partial charge in [-0.2, -0.15) is 0 Å². The molecule has 0 saturated carbocycles. The molecule has 0 aliphatic rings. The summed E-state index contributed by atoms with van der Waals surface area (Å²) >= 11 is 12.0. The summed E-state index contributed by atoms with van der Waals surface area (Å²) in [4.78, 5) is 12.2. The van der Waals surface area contributed by atoms with E-state index in [1.807, 2.05) is 0 Å². The third-order valence-electron chi connectivity index (χ3n) is 3.15. The van der Waals surface area contributed by atoms with Gasteiger partial charge >= 0.3 is 0 Å². The summed E-state index contributed by atoms with van der Waals surface area (Å²) < 4.78 is 0. The number of benzene rings is 2. The molecule has 0 radical (unpaired) electrons. The summed E-state index contributed by atoms with van der Waals surface area (Å²) in [6, 6.07) is 11.3. The van der Waals surface area contributed by atoms with E-state index in [-0.39, 0.29) is 5.78 Å². The van der Waals surface area contributed by atoms with Gasteiger partial charge in [-0.15, -0.1) is 0 Å². The Labute approximate surface area is 129 Å². The first-order valence-electron chi connectivity index (χ1n) is 6.51. The summed E-state index contributed by atoms with van der Waals surface area (Å²) in [6.45, 7) is 4.12. The molecule has 0 bridgehead atoms. The molecule has 0 aliphatic carbocycles. The Hall–Kier alpha value is -1.31. The zero-order chi connectivity index (χ0) is 14.7. The second-order valence-electron chi connectivity index (χ2n) is 5.04. The lowest BCUT2D eigenvalue weighted by atomic mass is 10.00. The number of hydrogen-bond donors (Lipinski definition) is 0. The van der Waals surface area contributed by atoms with Gasteiger partial charge in [-0.1, -0.05) is 52.5 Å². The second-order valence-corrected chi connectivity index (χ2v) is 5.89. The van der Waals surface area contributed by atoms with Gasteiger partial charge in [-0.25, -0.2) is 0 Å². The minimum Gasteiger partial charge on any atom is -0.294 e. The van der Waals surface area contributed by atoms with Crippen LogP contribution in [0, 0.1) is 13.8 Å². The molecule has 0 N–H and O–H groups in total. The highest BCUT2D eigenvalue weighted by molar-refractivity contribution is 6.35. The van der Waals surface area contributed by atoms with E-state index < -0.39 is 0 Å². The number of ketones is 1. The topological polar surface area (TPSA) is 17.1 Å². The molecule has 0 fully saturated rings. The van der Waals surface area contributed by atoms with Crippen LogP contribution in [0.1, 0.15) is 33.5 Å². The molecule has 0 amide bonds. The maximum atomic E-state index is 12.2. The van der Waals surface area contributed by atoms with Crippen LogP contribution >= 0.6 is 23.2 Å². The number of halogens is 2. The number of hydrogen-bond acceptors (Lipinski definition) is 1. The van der Waals surface area contributed by atoms with Crippen molar-refractivity contribution in [1.82, 2.24) is 0 Å². The van der Waals surface area contributed by atoms with E-state index in [1.165, 1.54) is 16.7 Å². The summed E-state index contributed by atoms with van der Waals surface area (Å²) in [5.41, 5.74) is 4.11. The monoisotopic (exact) mass is 306 g/mol. The van der Waals surface area contributed by atoms with Gasteiger partial charge in [0, 0.05) is 17.0 Å². The Balaban J connectivity index is 2.10. The molecule has 3 heteroatoms. The number of Topliss-reactive ketones (excluding diaryl/α,β-unsaturated/α-hetero) is 1. The molecule has 0 spiro atoms. The molecule has 0 aliphatic heterocycles. The number of carbonyl (C=O) groups excluding carboxylic acids is 1. The molecule has 0 aromatic heterocycles. The van der Waals surface area contributed by atoms with Crippen molar-refractivity contribution in [3.05, 3.63) is 68.7 Å². The molecule has 0 saturated heterocycles. The Morgan fingerprint density at radius 1 is 1.00 bits per heavy atom. The van der Waals surface area contributed by atoms with Crippen molar-refractivity contribution >= 4 is 29.0 Å². The van der Waals surface area contributed by atoms with Gasteiger partial charge in [0.05, 0.1) is 5.02 Å². The summed E-state index contributed by atoms with van der Waals surface area (Å²) in [5, 5.41) is 0.990. The van der Waals surface area contributed by atoms with Crippen molar-refractivity contribution in [1.29, 1.82) is 0 Å². The lowest BCUT2D eigenvalue weighted by Crippen LogP contribution is -2.02. The molecular weight excluding hydrogens is 291 g/mol. The Morgan fingerprint density at radius 2 is 1.65 bits per heavy atom. The van der Waals surface area contributed by atoms with E-state index in [1.54, 1.807) is 18.2 Å². The van der Waals surface area contributed by atoms with Crippen molar-refractivity contribution < 1.29 is 4.79 Å². The third-order valence-corrected chi connectivity index (χ3v) is 3.72. The molecular formula is C17H16Cl2O. The van der Waals surface area contributed by atoms with Crippen LogP contribution < -0.4 is 0 Å². The minimum absolute atomic E-state index is 0.0247. The van der Waals surface area contributed by atoms with Crippen LogP contribution in [-0.4, -0.2) is 5.78 Å². The molecule has 2 rings (SSSR count). The first kappa shape index (κ1) is 15.1. The number of rotatable bonds is 4. The van der Waals surface area contributed by atoms with Gasteiger partial charge in [0.15, 0.2) is 5.78 Å². The normalized spacial score (nSPS) is 10.6. The van der Waals surface area contributed by atoms with E-state index in [0.29, 0.717) is 28.5 Å². The largest absolute Gasteiger partial charge is 0.294 e. The van der Waals surface area contributed by atoms with Crippen LogP contribution in [0.5, 0.6) is 0 Å². The van der Waals surface area contributed by atoms with E-state index >= 15 is 0 Å². The standard InChI is InChI=1S/C17H16Cl2O/c1-11-7-12(2)9-13(8-11)3-6-17(20)15-10-14(18)4-5-16(15)19/h4-5,7-10H,3,6H2,1-2H3. The minimum atomic E-state index is 0.0247. The second kappa shape index (κ2) is 6.43. The first-order chi connectivity index (χ1) is 9.45. The molecule has 2 aromatic rings. The smallest absolute Gasteiger partial charge is 0.164 e. The van der Waals surface area contributed by atoms with Gasteiger partial charge in [0.1, 0.15) is 0 Å². The highest BCUT2D eigenvalue weighted by Gasteiger charge is 2.11. The van der Waals surface area contributed by atoms with E-state index in [9.17, 15) is 4.79 Å². The molecule has 0 unspecified atom stereocenters. The fourth-order valence-corrected chi connectivity index (χ4v) is 2.71. The highest BCUT2D eigenvalue weighted by Crippen LogP contribution is 2.22. The summed E-state index contributed by atoms with van der Waals surface area (Å²) in [5.74, 6) is 0.0247. The van der Waals surface area contributed by atoms with Crippen molar-refractivity contribution in [2.45, 2.75) is 26.7 Å². The number of aryl methyl sites for hydroxylation is 3. The van der Waals surface area contributed by atoms with Crippen LogP contribution in [0.2, 0.25) is 10.0 Å². The quantitative estimate of drug-likeness (QED) is 0.689. The Morgan fingerprint density at radius 3 is 2.30 bits per heavy atom. The molecule has 20 heavy (non-hydrogen) atoms. The fourth-order valence-electron chi connectivity index (χ4n) is 2.32. The van der Waals surface area contributed by atoms with Crippen LogP contribution in [0.4, 0.5) is 0 Å². The molecule has 0 atom stereocenters. The van der Waals surface area contributed by atoms with Crippen molar-refractivity contribution in [3.8, 4) is 0 Å². The van der Waals surface area contributed by atoms with E-state index in [0.717, 1.165) is 0 Å². The van der Waals surface area contributed by atoms with Crippen molar-refractivity contribution in [3.63, 3.8) is 0 Å². The predicted octanol–water partition coefficient (Wildman–Crippen LogP) is 5.43. The average molecular weight is 307 g/mol. The van der Waals surface area contributed by atoms with Gasteiger partial charge in [-0.3, -0.25) is 4.79 Å². The zero-order valence-electron chi connectivity index (χ0n) is 11.5. The average Bonchev–Trinajstić information content (AvgIpc) is 2.38.